The fourth-order valence-corrected chi connectivity index (χ4v) is 2.02. The van der Waals surface area contributed by atoms with Gasteiger partial charge >= 0.3 is 0 Å². The van der Waals surface area contributed by atoms with Gasteiger partial charge in [-0.05, 0) is 53.5 Å². The van der Waals surface area contributed by atoms with Crippen LogP contribution in [0.15, 0.2) is 28.5 Å². The summed E-state index contributed by atoms with van der Waals surface area (Å²) >= 11 is 3.42. The van der Waals surface area contributed by atoms with Gasteiger partial charge in [-0.25, -0.2) is 0 Å². The number of nitrogens with zero attached hydrogens (tertiary/aromatic N) is 1. The number of rotatable bonds is 1. The largest absolute Gasteiger partial charge is 0.316 e. The van der Waals surface area contributed by atoms with E-state index in [2.05, 4.69) is 38.4 Å². The van der Waals surface area contributed by atoms with E-state index in [0.717, 1.165) is 30.4 Å². The fourth-order valence-electron chi connectivity index (χ4n) is 1.64. The van der Waals surface area contributed by atoms with Gasteiger partial charge in [-0.3, -0.25) is 4.98 Å². The highest BCUT2D eigenvalue weighted by atomic mass is 79.9. The Kier molecular flexibility index (Phi) is 3.32. The van der Waals surface area contributed by atoms with Crippen LogP contribution in [0.4, 0.5) is 0 Å². The van der Waals surface area contributed by atoms with Crippen LogP contribution in [0, 0.1) is 0 Å². The molecule has 1 N–H and O–H groups in total. The zero-order valence-corrected chi connectivity index (χ0v) is 9.55. The lowest BCUT2D eigenvalue weighted by molar-refractivity contribution is 0.613. The van der Waals surface area contributed by atoms with Crippen LogP contribution in [-0.2, 0) is 0 Å². The Bertz CT molecular complexity index is 339. The van der Waals surface area contributed by atoms with Crippen LogP contribution >= 0.6 is 15.9 Å². The summed E-state index contributed by atoms with van der Waals surface area (Å²) in [5.41, 5.74) is 2.71. The van der Waals surface area contributed by atoms with Crippen LogP contribution in [0.1, 0.15) is 18.4 Å². The predicted octanol–water partition coefficient (Wildman–Crippen LogP) is 2.61. The first-order valence-electron chi connectivity index (χ1n) is 4.85. The molecule has 1 aliphatic heterocycles. The maximum atomic E-state index is 4.14. The molecule has 3 heteroatoms. The number of aromatic nitrogens is 1. The van der Waals surface area contributed by atoms with E-state index in [-0.39, 0.29) is 0 Å². The first-order valence-corrected chi connectivity index (χ1v) is 5.64. The Morgan fingerprint density at radius 1 is 1.29 bits per heavy atom. The maximum Gasteiger partial charge on any atom is 0.0410 e. The lowest BCUT2D eigenvalue weighted by atomic mass is 10.0. The van der Waals surface area contributed by atoms with Crippen molar-refractivity contribution in [2.24, 2.45) is 0 Å². The molecule has 0 atom stereocenters. The number of hydrogen-bond acceptors (Lipinski definition) is 2. The Morgan fingerprint density at radius 2 is 2.07 bits per heavy atom. The van der Waals surface area contributed by atoms with Crippen molar-refractivity contribution in [3.8, 4) is 0 Å². The predicted molar refractivity (Wildman–Crippen MR) is 62.0 cm³/mol. The number of nitrogens with one attached hydrogen (secondary N) is 1. The van der Waals surface area contributed by atoms with Gasteiger partial charge in [0.15, 0.2) is 0 Å². The van der Waals surface area contributed by atoms with Crippen molar-refractivity contribution in [1.29, 1.82) is 0 Å². The van der Waals surface area contributed by atoms with E-state index in [9.17, 15) is 0 Å². The van der Waals surface area contributed by atoms with Crippen LogP contribution in [0.3, 0.4) is 0 Å². The fraction of sp³-hybridized carbons (Fsp3) is 0.364. The van der Waals surface area contributed by atoms with Gasteiger partial charge in [-0.1, -0.05) is 11.6 Å². The van der Waals surface area contributed by atoms with Gasteiger partial charge < -0.3 is 5.32 Å². The molecule has 1 fully saturated rings. The number of halogens is 1. The highest BCUT2D eigenvalue weighted by Gasteiger charge is 2.04. The highest BCUT2D eigenvalue weighted by molar-refractivity contribution is 9.10. The summed E-state index contributed by atoms with van der Waals surface area (Å²) in [6.07, 6.45) is 8.28. The van der Waals surface area contributed by atoms with E-state index in [1.54, 1.807) is 0 Å². The Morgan fingerprint density at radius 3 is 2.79 bits per heavy atom. The summed E-state index contributed by atoms with van der Waals surface area (Å²) in [7, 11) is 0. The molecule has 14 heavy (non-hydrogen) atoms. The molecule has 1 aliphatic rings. The zero-order valence-electron chi connectivity index (χ0n) is 7.96. The smallest absolute Gasteiger partial charge is 0.0410 e. The normalized spacial score (nSPS) is 16.8. The number of pyridine rings is 1. The molecule has 2 heterocycles. The molecule has 0 radical (unpaired) electrons. The summed E-state index contributed by atoms with van der Waals surface area (Å²) < 4.78 is 1.04. The molecule has 0 spiro atoms. The molecule has 0 aliphatic carbocycles. The molecule has 0 saturated carbocycles. The minimum Gasteiger partial charge on any atom is -0.316 e. The average molecular weight is 253 g/mol. The molecule has 74 valence electrons. The summed E-state index contributed by atoms with van der Waals surface area (Å²) in [6.45, 7) is 2.21. The number of piperidine rings is 1. The Balaban J connectivity index is 2.15. The minimum atomic E-state index is 1.04. The van der Waals surface area contributed by atoms with Crippen molar-refractivity contribution >= 4 is 22.0 Å². The second-order valence-corrected chi connectivity index (χ2v) is 4.40. The van der Waals surface area contributed by atoms with E-state index in [1.807, 2.05) is 12.4 Å². The Labute approximate surface area is 92.6 Å². The third kappa shape index (κ3) is 2.66. The SMILES string of the molecule is Brc1cncc(C=C2CCNCC2)c1. The van der Waals surface area contributed by atoms with Crippen LogP contribution in [-0.4, -0.2) is 18.1 Å². The molecule has 0 aromatic carbocycles. The van der Waals surface area contributed by atoms with Crippen molar-refractivity contribution in [1.82, 2.24) is 10.3 Å². The topological polar surface area (TPSA) is 24.9 Å². The number of hydrogen-bond donors (Lipinski definition) is 1. The van der Waals surface area contributed by atoms with Crippen LogP contribution in [0.2, 0.25) is 0 Å². The first kappa shape index (κ1) is 9.87. The average Bonchev–Trinajstić information content (AvgIpc) is 2.19. The second kappa shape index (κ2) is 4.71. The molecule has 0 unspecified atom stereocenters. The molecule has 1 aromatic heterocycles. The van der Waals surface area contributed by atoms with Crippen LogP contribution in [0.5, 0.6) is 0 Å². The molecule has 1 aromatic rings. The lowest BCUT2D eigenvalue weighted by Crippen LogP contribution is -2.22. The maximum absolute atomic E-state index is 4.14. The first-order chi connectivity index (χ1) is 6.84. The summed E-state index contributed by atoms with van der Waals surface area (Å²) in [5.74, 6) is 0. The summed E-state index contributed by atoms with van der Waals surface area (Å²) in [5, 5.41) is 3.35. The quantitative estimate of drug-likeness (QED) is 0.832. The lowest BCUT2D eigenvalue weighted by Gasteiger charge is -2.14. The summed E-state index contributed by atoms with van der Waals surface area (Å²) in [4.78, 5) is 4.14. The Hall–Kier alpha value is -0.670. The van der Waals surface area contributed by atoms with E-state index in [4.69, 9.17) is 0 Å². The van der Waals surface area contributed by atoms with E-state index >= 15 is 0 Å². The molecule has 1 saturated heterocycles. The standard InChI is InChI=1S/C11H13BrN2/c12-11-6-10(7-14-8-11)5-9-1-3-13-4-2-9/h5-8,13H,1-4H2. The van der Waals surface area contributed by atoms with Crippen molar-refractivity contribution < 1.29 is 0 Å². The molecule has 2 nitrogen and oxygen atoms in total. The van der Waals surface area contributed by atoms with Gasteiger partial charge in [-0.15, -0.1) is 0 Å². The van der Waals surface area contributed by atoms with Crippen molar-refractivity contribution in [3.63, 3.8) is 0 Å². The minimum absolute atomic E-state index is 1.04. The van der Waals surface area contributed by atoms with Gasteiger partial charge in [0.1, 0.15) is 0 Å². The van der Waals surface area contributed by atoms with Gasteiger partial charge in [0, 0.05) is 16.9 Å². The van der Waals surface area contributed by atoms with Gasteiger partial charge in [-0.2, -0.15) is 0 Å². The third-order valence-corrected chi connectivity index (χ3v) is 2.78. The highest BCUT2D eigenvalue weighted by Crippen LogP contribution is 2.17. The molecular formula is C11H13BrN2. The molecule has 2 rings (SSSR count). The second-order valence-electron chi connectivity index (χ2n) is 3.49. The molecule has 0 bridgehead atoms. The van der Waals surface area contributed by atoms with Gasteiger partial charge in [0.05, 0.1) is 0 Å². The molecular weight excluding hydrogens is 240 g/mol. The molecule has 0 amide bonds. The van der Waals surface area contributed by atoms with E-state index in [0.29, 0.717) is 0 Å². The van der Waals surface area contributed by atoms with E-state index < -0.39 is 0 Å². The van der Waals surface area contributed by atoms with Crippen molar-refractivity contribution in [2.75, 3.05) is 13.1 Å². The monoisotopic (exact) mass is 252 g/mol. The van der Waals surface area contributed by atoms with Gasteiger partial charge in [0.25, 0.3) is 0 Å². The van der Waals surface area contributed by atoms with Crippen molar-refractivity contribution in [2.45, 2.75) is 12.8 Å². The van der Waals surface area contributed by atoms with Gasteiger partial charge in [0.2, 0.25) is 0 Å². The summed E-state index contributed by atoms with van der Waals surface area (Å²) in [6, 6.07) is 2.10. The zero-order chi connectivity index (χ0) is 9.80. The van der Waals surface area contributed by atoms with Crippen molar-refractivity contribution in [3.05, 3.63) is 34.1 Å². The van der Waals surface area contributed by atoms with Crippen LogP contribution in [0.25, 0.3) is 6.08 Å². The van der Waals surface area contributed by atoms with E-state index in [1.165, 1.54) is 11.1 Å². The third-order valence-electron chi connectivity index (χ3n) is 2.34. The van der Waals surface area contributed by atoms with Crippen LogP contribution < -0.4 is 5.32 Å².